The van der Waals surface area contributed by atoms with Gasteiger partial charge in [0.25, 0.3) is 0 Å². The van der Waals surface area contributed by atoms with Crippen molar-refractivity contribution < 1.29 is 69.4 Å². The maximum absolute atomic E-state index is 12.3. The van der Waals surface area contributed by atoms with Crippen LogP contribution in [0.15, 0.2) is 65.1 Å². The molecule has 0 bridgehead atoms. The second kappa shape index (κ2) is 12.1. The van der Waals surface area contributed by atoms with Crippen LogP contribution in [0.2, 0.25) is 0 Å². The zero-order valence-corrected chi connectivity index (χ0v) is 22.5. The van der Waals surface area contributed by atoms with Crippen LogP contribution in [0.25, 0.3) is 28.4 Å². The summed E-state index contributed by atoms with van der Waals surface area (Å²) in [5, 5.41) is 90.8. The first-order valence-corrected chi connectivity index (χ1v) is 13.0. The quantitative estimate of drug-likeness (QED) is 0.0629. The van der Waals surface area contributed by atoms with Gasteiger partial charge >= 0.3 is 17.3 Å². The van der Waals surface area contributed by atoms with Gasteiger partial charge in [0, 0.05) is 24.3 Å². The monoisotopic (exact) mass is 611 g/mol. The molecule has 230 valence electrons. The summed E-state index contributed by atoms with van der Waals surface area (Å²) in [4.78, 5) is 12.3. The van der Waals surface area contributed by atoms with Crippen LogP contribution in [0.4, 0.5) is 0 Å². The number of aliphatic hydroxyl groups excluding tert-OH is 3. The zero-order chi connectivity index (χ0) is 31.7. The molecule has 0 spiro atoms. The molecule has 3 aromatic carbocycles. The van der Waals surface area contributed by atoms with Crippen molar-refractivity contribution in [1.29, 1.82) is 0 Å². The number of carbonyl (C=O) groups excluding carboxylic acids is 1. The van der Waals surface area contributed by atoms with E-state index in [9.17, 15) is 50.8 Å². The van der Waals surface area contributed by atoms with Crippen LogP contribution < -0.4 is 4.74 Å². The number of aromatic hydroxyl groups is 6. The van der Waals surface area contributed by atoms with Crippen LogP contribution in [0.3, 0.4) is 0 Å². The lowest BCUT2D eigenvalue weighted by molar-refractivity contribution is -0.278. The molecule has 1 fully saturated rings. The van der Waals surface area contributed by atoms with E-state index in [4.69, 9.17) is 18.6 Å². The van der Waals surface area contributed by atoms with Gasteiger partial charge in [-0.1, -0.05) is 6.07 Å². The Morgan fingerprint density at radius 3 is 2.20 bits per heavy atom. The molecule has 0 amide bonds. The summed E-state index contributed by atoms with van der Waals surface area (Å²) in [6.07, 6.45) is -6.13. The number of aliphatic hydroxyl groups is 3. The minimum Gasteiger partial charge on any atom is -0.507 e. The number of hydrogen-bond donors (Lipinski definition) is 9. The molecule has 5 atom stereocenters. The molecular weight excluding hydrogens is 584 g/mol. The van der Waals surface area contributed by atoms with Gasteiger partial charge in [-0.2, -0.15) is 0 Å². The Bertz CT molecular complexity index is 1740. The number of benzene rings is 3. The van der Waals surface area contributed by atoms with Gasteiger partial charge < -0.3 is 60.2 Å². The molecule has 0 saturated carbocycles. The van der Waals surface area contributed by atoms with Crippen molar-refractivity contribution >= 4 is 23.0 Å². The van der Waals surface area contributed by atoms with Crippen molar-refractivity contribution in [2.24, 2.45) is 0 Å². The van der Waals surface area contributed by atoms with Crippen molar-refractivity contribution in [3.63, 3.8) is 0 Å². The number of hydrogen-bond acceptors (Lipinski definition) is 13. The summed E-state index contributed by atoms with van der Waals surface area (Å²) in [5.41, 5.74) is 0.529. The average molecular weight is 612 g/mol. The molecule has 0 radical (unpaired) electrons. The Morgan fingerprint density at radius 1 is 0.795 bits per heavy atom. The Labute approximate surface area is 247 Å². The average Bonchev–Trinajstić information content (AvgIpc) is 2.98. The standard InChI is InChI=1S/C30H26O14/c31-15-9-19(34)16-11-23(29(42-22(16)10-15)14-3-5-18(33)21(36)8-14)43-30-28(40)27(39)26(38)24(44-30)12-41-25(37)6-2-13-1-4-17(32)20(35)7-13/h1-11,24,26-28,30,38-40H,12H2,(H5-,31,32,33,34,35,36,37)/p+1/t24-,26+,27+,28-,30-/m1/s1. The molecular formula is C30H27O14+. The third-order valence-electron chi connectivity index (χ3n) is 6.77. The maximum Gasteiger partial charge on any atom is 0.402 e. The number of rotatable bonds is 7. The molecule has 1 saturated heterocycles. The van der Waals surface area contributed by atoms with Gasteiger partial charge in [-0.15, -0.1) is 0 Å². The lowest BCUT2D eigenvalue weighted by atomic mass is 9.99. The Balaban J connectivity index is 1.39. The fraction of sp³-hybridized carbons (Fsp3) is 0.200. The number of phenols is 6. The molecule has 0 aliphatic carbocycles. The highest BCUT2D eigenvalue weighted by atomic mass is 16.7. The summed E-state index contributed by atoms with van der Waals surface area (Å²) in [6, 6.07) is 11.1. The van der Waals surface area contributed by atoms with Crippen LogP contribution >= 0.6 is 0 Å². The van der Waals surface area contributed by atoms with E-state index in [1.54, 1.807) is 0 Å². The number of fused-ring (bicyclic) bond motifs is 1. The van der Waals surface area contributed by atoms with Crippen molar-refractivity contribution in [3.8, 4) is 51.6 Å². The van der Waals surface area contributed by atoms with E-state index in [0.717, 1.165) is 18.2 Å². The van der Waals surface area contributed by atoms with E-state index in [2.05, 4.69) is 0 Å². The highest BCUT2D eigenvalue weighted by Gasteiger charge is 2.46. The molecule has 1 aliphatic heterocycles. The van der Waals surface area contributed by atoms with E-state index in [1.807, 2.05) is 0 Å². The van der Waals surface area contributed by atoms with E-state index in [-0.39, 0.29) is 39.5 Å². The second-order valence-corrected chi connectivity index (χ2v) is 9.86. The van der Waals surface area contributed by atoms with Crippen molar-refractivity contribution in [1.82, 2.24) is 0 Å². The van der Waals surface area contributed by atoms with Crippen LogP contribution in [0.1, 0.15) is 5.56 Å². The third kappa shape index (κ3) is 6.23. The van der Waals surface area contributed by atoms with E-state index in [1.165, 1.54) is 48.5 Å². The first-order chi connectivity index (χ1) is 20.9. The van der Waals surface area contributed by atoms with Crippen LogP contribution in [0.5, 0.6) is 40.2 Å². The molecule has 0 unspecified atom stereocenters. The minimum atomic E-state index is -1.83. The Hall–Kier alpha value is -5.28. The first-order valence-electron chi connectivity index (χ1n) is 13.0. The third-order valence-corrected chi connectivity index (χ3v) is 6.77. The van der Waals surface area contributed by atoms with E-state index < -0.39 is 66.3 Å². The summed E-state index contributed by atoms with van der Waals surface area (Å²) >= 11 is 0. The van der Waals surface area contributed by atoms with Crippen molar-refractivity contribution in [2.45, 2.75) is 30.7 Å². The van der Waals surface area contributed by atoms with Gasteiger partial charge in [0.1, 0.15) is 47.9 Å². The molecule has 4 aromatic rings. The SMILES string of the molecule is O=C(/C=C/c1ccc(O)c(O)c1)OC[C@H]1O[C@@H](Oc2cc3c(O)cc(O)cc3[o+]c2-c2ccc(O)c(O)c2)[C@H](O)[C@@H](O)[C@H]1O. The highest BCUT2D eigenvalue weighted by molar-refractivity contribution is 5.89. The number of phenolic OH excluding ortho intramolecular Hbond substituents is 6. The minimum absolute atomic E-state index is 0.00153. The molecule has 5 rings (SSSR count). The van der Waals surface area contributed by atoms with Gasteiger partial charge in [0.05, 0.1) is 11.6 Å². The van der Waals surface area contributed by atoms with Gasteiger partial charge in [0.15, 0.2) is 23.0 Å². The van der Waals surface area contributed by atoms with Crippen LogP contribution in [-0.2, 0) is 14.3 Å². The summed E-state index contributed by atoms with van der Waals surface area (Å²) in [7, 11) is 0. The molecule has 9 N–H and O–H groups in total. The molecule has 1 aromatic heterocycles. The van der Waals surface area contributed by atoms with Crippen LogP contribution in [0, 0.1) is 0 Å². The highest BCUT2D eigenvalue weighted by Crippen LogP contribution is 2.42. The molecule has 14 nitrogen and oxygen atoms in total. The summed E-state index contributed by atoms with van der Waals surface area (Å²) in [5.74, 6) is -3.55. The van der Waals surface area contributed by atoms with Crippen molar-refractivity contribution in [3.05, 3.63) is 66.2 Å². The van der Waals surface area contributed by atoms with Gasteiger partial charge in [0.2, 0.25) is 12.0 Å². The Kier molecular flexibility index (Phi) is 8.33. The second-order valence-electron chi connectivity index (χ2n) is 9.86. The molecule has 1 aliphatic rings. The number of carbonyl (C=O) groups is 1. The zero-order valence-electron chi connectivity index (χ0n) is 22.5. The van der Waals surface area contributed by atoms with Crippen molar-refractivity contribution in [2.75, 3.05) is 6.61 Å². The van der Waals surface area contributed by atoms with Gasteiger partial charge in [-0.05, 0) is 35.9 Å². The number of esters is 1. The predicted octanol–water partition coefficient (Wildman–Crippen LogP) is 2.06. The first kappa shape index (κ1) is 30.2. The molecule has 2 heterocycles. The topological polar surface area (TPSA) is 238 Å². The van der Waals surface area contributed by atoms with E-state index in [0.29, 0.717) is 5.56 Å². The summed E-state index contributed by atoms with van der Waals surface area (Å²) < 4.78 is 22.5. The maximum atomic E-state index is 12.3. The smallest absolute Gasteiger partial charge is 0.402 e. The number of ether oxygens (including phenoxy) is 3. The normalized spacial score (nSPS) is 21.8. The lowest BCUT2D eigenvalue weighted by Crippen LogP contribution is -2.60. The lowest BCUT2D eigenvalue weighted by Gasteiger charge is -2.39. The van der Waals surface area contributed by atoms with Gasteiger partial charge in [-0.25, -0.2) is 9.21 Å². The van der Waals surface area contributed by atoms with Gasteiger partial charge in [-0.3, -0.25) is 0 Å². The Morgan fingerprint density at radius 2 is 1.50 bits per heavy atom. The molecule has 14 heteroatoms. The largest absolute Gasteiger partial charge is 0.507 e. The van der Waals surface area contributed by atoms with Crippen LogP contribution in [-0.4, -0.2) is 89.2 Å². The fourth-order valence-corrected chi connectivity index (χ4v) is 4.44. The predicted molar refractivity (Wildman–Crippen MR) is 150 cm³/mol. The van der Waals surface area contributed by atoms with E-state index >= 15 is 0 Å². The molecule has 44 heavy (non-hydrogen) atoms. The fourth-order valence-electron chi connectivity index (χ4n) is 4.44. The summed E-state index contributed by atoms with van der Waals surface area (Å²) in [6.45, 7) is -0.588.